The number of nitrogens with two attached hydrogens (primary N) is 1. The Bertz CT molecular complexity index is 1570. The van der Waals surface area contributed by atoms with E-state index in [1.807, 2.05) is 17.7 Å². The molecule has 12 heteroatoms. The number of carbonyl (C=O) groups excluding carboxylic acids is 1. The quantitative estimate of drug-likeness (QED) is 0.143. The van der Waals surface area contributed by atoms with E-state index in [0.717, 1.165) is 5.52 Å². The van der Waals surface area contributed by atoms with Crippen molar-refractivity contribution in [3.63, 3.8) is 0 Å². The molecule has 0 aliphatic carbocycles. The summed E-state index contributed by atoms with van der Waals surface area (Å²) >= 11 is 0. The van der Waals surface area contributed by atoms with Gasteiger partial charge < -0.3 is 19.8 Å². The van der Waals surface area contributed by atoms with Gasteiger partial charge in [-0.05, 0) is 67.9 Å². The molecule has 40 heavy (non-hydrogen) atoms. The van der Waals surface area contributed by atoms with E-state index in [2.05, 4.69) is 4.98 Å². The molecule has 0 bridgehead atoms. The second-order valence-corrected chi connectivity index (χ2v) is 10.6. The Morgan fingerprint density at radius 3 is 2.42 bits per heavy atom. The molecule has 1 heterocycles. The van der Waals surface area contributed by atoms with Crippen LogP contribution in [0, 0.1) is 5.41 Å². The summed E-state index contributed by atoms with van der Waals surface area (Å²) in [4.78, 5) is 16.5. The van der Waals surface area contributed by atoms with Gasteiger partial charge in [0.2, 0.25) is 0 Å². The molecule has 4 aromatic rings. The van der Waals surface area contributed by atoms with Gasteiger partial charge in [0.05, 0.1) is 28.2 Å². The maximum atomic E-state index is 13.8. The van der Waals surface area contributed by atoms with Gasteiger partial charge in [-0.2, -0.15) is 0 Å². The average molecular weight is 586 g/mol. The monoisotopic (exact) mass is 585 g/mol. The first-order chi connectivity index (χ1) is 18.7. The van der Waals surface area contributed by atoms with Crippen LogP contribution in [0.25, 0.3) is 11.0 Å². The summed E-state index contributed by atoms with van der Waals surface area (Å²) in [7, 11) is -2.11. The number of nitrogens with one attached hydrogen (secondary N) is 1. The number of hydrogen-bond acceptors (Lipinski definition) is 7. The van der Waals surface area contributed by atoms with Crippen molar-refractivity contribution >= 4 is 51.0 Å². The molecule has 0 fully saturated rings. The molecule has 3 N–H and O–H groups in total. The minimum absolute atomic E-state index is 0. The van der Waals surface area contributed by atoms with Crippen molar-refractivity contribution in [3.8, 4) is 5.75 Å². The Hall–Kier alpha value is -4.09. The Morgan fingerprint density at radius 2 is 1.77 bits per heavy atom. The van der Waals surface area contributed by atoms with Crippen LogP contribution in [0.2, 0.25) is 0 Å². The molecular formula is C28H32ClN5O5S. The predicted octanol–water partition coefficient (Wildman–Crippen LogP) is 4.40. The standard InChI is InChI=1S/C28H31N5O5S.ClH/c1-3-37-27(34)10-7-17-33(21-8-5-4-6-9-21)39(35,36)23-15-16-25-24(18-23)31-26(32(25)2)19-38-22-13-11-20(12-14-22)28(29)30;/h4-6,8-9,11-16,18H,3,7,10,17,19H2,1-2H3,(H3,29,30);1H. The highest BCUT2D eigenvalue weighted by Crippen LogP contribution is 2.27. The summed E-state index contributed by atoms with van der Waals surface area (Å²) in [5, 5.41) is 7.49. The van der Waals surface area contributed by atoms with Crippen LogP contribution in [-0.4, -0.2) is 42.9 Å². The molecule has 3 aromatic carbocycles. The van der Waals surface area contributed by atoms with Crippen LogP contribution in [0.5, 0.6) is 5.75 Å². The number of fused-ring (bicyclic) bond motifs is 1. The molecule has 0 atom stereocenters. The molecule has 1 aromatic heterocycles. The number of carbonyl (C=O) groups is 1. The lowest BCUT2D eigenvalue weighted by Crippen LogP contribution is -2.32. The van der Waals surface area contributed by atoms with E-state index in [4.69, 9.17) is 20.6 Å². The van der Waals surface area contributed by atoms with Gasteiger partial charge in [0, 0.05) is 25.6 Å². The molecule has 0 aliphatic heterocycles. The fourth-order valence-corrected chi connectivity index (χ4v) is 5.63. The lowest BCUT2D eigenvalue weighted by atomic mass is 10.2. The van der Waals surface area contributed by atoms with Gasteiger partial charge in [-0.1, -0.05) is 18.2 Å². The number of sulfonamides is 1. The molecule has 212 valence electrons. The first-order valence-electron chi connectivity index (χ1n) is 12.5. The third kappa shape index (κ3) is 6.91. The lowest BCUT2D eigenvalue weighted by Gasteiger charge is -2.24. The van der Waals surface area contributed by atoms with Crippen molar-refractivity contribution < 1.29 is 22.7 Å². The predicted molar refractivity (Wildman–Crippen MR) is 157 cm³/mol. The molecule has 0 radical (unpaired) electrons. The Labute approximate surface area is 239 Å². The maximum Gasteiger partial charge on any atom is 0.305 e. The van der Waals surface area contributed by atoms with Crippen LogP contribution in [0.1, 0.15) is 31.2 Å². The van der Waals surface area contributed by atoms with Gasteiger partial charge in [0.1, 0.15) is 24.0 Å². The zero-order valence-electron chi connectivity index (χ0n) is 22.2. The number of benzene rings is 3. The van der Waals surface area contributed by atoms with E-state index in [9.17, 15) is 13.2 Å². The average Bonchev–Trinajstić information content (AvgIpc) is 3.25. The SMILES string of the molecule is CCOC(=O)CCCN(c1ccccc1)S(=O)(=O)c1ccc2c(c1)nc(COc1ccc(C(=N)N)cc1)n2C.Cl. The van der Waals surface area contributed by atoms with Crippen LogP contribution in [-0.2, 0) is 33.2 Å². The molecule has 0 saturated carbocycles. The number of imidazole rings is 1. The van der Waals surface area contributed by atoms with Crippen LogP contribution < -0.4 is 14.8 Å². The number of anilines is 1. The number of amidine groups is 1. The number of aromatic nitrogens is 2. The summed E-state index contributed by atoms with van der Waals surface area (Å²) in [5.74, 6) is 0.830. The highest BCUT2D eigenvalue weighted by Gasteiger charge is 2.26. The smallest absolute Gasteiger partial charge is 0.305 e. The summed E-state index contributed by atoms with van der Waals surface area (Å²) < 4.78 is 41.6. The maximum absolute atomic E-state index is 13.8. The number of esters is 1. The van der Waals surface area contributed by atoms with Gasteiger partial charge in [0.15, 0.2) is 0 Å². The van der Waals surface area contributed by atoms with E-state index in [-0.39, 0.29) is 55.3 Å². The van der Waals surface area contributed by atoms with Crippen LogP contribution in [0.3, 0.4) is 0 Å². The highest BCUT2D eigenvalue weighted by molar-refractivity contribution is 7.92. The van der Waals surface area contributed by atoms with Gasteiger partial charge in [0.25, 0.3) is 10.0 Å². The van der Waals surface area contributed by atoms with Crippen LogP contribution >= 0.6 is 12.4 Å². The summed E-state index contributed by atoms with van der Waals surface area (Å²) in [5.41, 5.74) is 7.88. The number of nitrogen functional groups attached to an aromatic ring is 1. The largest absolute Gasteiger partial charge is 0.486 e. The number of aryl methyl sites for hydroxylation is 1. The first kappa shape index (κ1) is 30.5. The van der Waals surface area contributed by atoms with Crippen molar-refractivity contribution in [2.24, 2.45) is 12.8 Å². The normalized spacial score (nSPS) is 11.1. The summed E-state index contributed by atoms with van der Waals surface area (Å²) in [6, 6.07) is 20.5. The zero-order chi connectivity index (χ0) is 28.0. The molecule has 4 rings (SSSR count). The molecule has 0 spiro atoms. The number of hydrogen-bond donors (Lipinski definition) is 2. The summed E-state index contributed by atoms with van der Waals surface area (Å²) in [6.07, 6.45) is 0.431. The topological polar surface area (TPSA) is 141 Å². The molecule has 10 nitrogen and oxygen atoms in total. The molecule has 0 amide bonds. The van der Waals surface area contributed by atoms with E-state index in [1.54, 1.807) is 73.7 Å². The Kier molecular flexibility index (Phi) is 10.1. The third-order valence-corrected chi connectivity index (χ3v) is 7.98. The van der Waals surface area contributed by atoms with Gasteiger partial charge in [-0.3, -0.25) is 14.5 Å². The Morgan fingerprint density at radius 1 is 1.07 bits per heavy atom. The second-order valence-electron chi connectivity index (χ2n) is 8.79. The summed E-state index contributed by atoms with van der Waals surface area (Å²) in [6.45, 7) is 2.29. The van der Waals surface area contributed by atoms with Crippen molar-refractivity contribution in [1.29, 1.82) is 5.41 Å². The number of para-hydroxylation sites is 1. The van der Waals surface area contributed by atoms with Crippen molar-refractivity contribution in [3.05, 3.63) is 84.2 Å². The lowest BCUT2D eigenvalue weighted by molar-refractivity contribution is -0.143. The molecule has 0 saturated heterocycles. The first-order valence-corrected chi connectivity index (χ1v) is 13.9. The van der Waals surface area contributed by atoms with Crippen molar-refractivity contribution in [2.75, 3.05) is 17.5 Å². The fourth-order valence-electron chi connectivity index (χ4n) is 4.11. The van der Waals surface area contributed by atoms with Gasteiger partial charge in [-0.15, -0.1) is 12.4 Å². The Balaban J connectivity index is 0.00000441. The number of nitrogens with zero attached hydrogens (tertiary/aromatic N) is 3. The number of rotatable bonds is 12. The minimum Gasteiger partial charge on any atom is -0.486 e. The van der Waals surface area contributed by atoms with E-state index in [1.165, 1.54) is 4.31 Å². The zero-order valence-corrected chi connectivity index (χ0v) is 23.9. The van der Waals surface area contributed by atoms with E-state index in [0.29, 0.717) is 34.8 Å². The molecular weight excluding hydrogens is 554 g/mol. The second kappa shape index (κ2) is 13.3. The van der Waals surface area contributed by atoms with E-state index >= 15 is 0 Å². The highest BCUT2D eigenvalue weighted by atomic mass is 35.5. The van der Waals surface area contributed by atoms with Crippen molar-refractivity contribution in [1.82, 2.24) is 9.55 Å². The van der Waals surface area contributed by atoms with Gasteiger partial charge in [-0.25, -0.2) is 13.4 Å². The fraction of sp³-hybridized carbons (Fsp3) is 0.250. The minimum atomic E-state index is -3.95. The van der Waals surface area contributed by atoms with E-state index < -0.39 is 10.0 Å². The molecule has 0 aliphatic rings. The molecule has 0 unspecified atom stereocenters. The van der Waals surface area contributed by atoms with Crippen LogP contribution in [0.15, 0.2) is 77.7 Å². The van der Waals surface area contributed by atoms with Crippen molar-refractivity contribution in [2.45, 2.75) is 31.3 Å². The third-order valence-electron chi connectivity index (χ3n) is 6.16. The van der Waals surface area contributed by atoms with Gasteiger partial charge >= 0.3 is 5.97 Å². The van der Waals surface area contributed by atoms with Crippen LogP contribution in [0.4, 0.5) is 5.69 Å². The number of ether oxygens (including phenoxy) is 2. The number of halogens is 1.